The summed E-state index contributed by atoms with van der Waals surface area (Å²) in [4.78, 5) is 27.3. The second kappa shape index (κ2) is 9.12. The van der Waals surface area contributed by atoms with E-state index in [9.17, 15) is 9.59 Å². The van der Waals surface area contributed by atoms with Gasteiger partial charge >= 0.3 is 0 Å². The molecule has 2 aliphatic rings. The van der Waals surface area contributed by atoms with Crippen LogP contribution in [0.3, 0.4) is 0 Å². The molecular formula is C24H29N3O2. The number of rotatable bonds is 5. The largest absolute Gasteiger partial charge is 0.362 e. The number of carbonyl (C=O) groups is 2. The van der Waals surface area contributed by atoms with Gasteiger partial charge in [0.05, 0.1) is 6.54 Å². The van der Waals surface area contributed by atoms with Gasteiger partial charge < -0.3 is 15.5 Å². The summed E-state index contributed by atoms with van der Waals surface area (Å²) in [6.07, 6.45) is 7.85. The molecule has 4 rings (SSSR count). The topological polar surface area (TPSA) is 61.4 Å². The molecule has 0 unspecified atom stereocenters. The van der Waals surface area contributed by atoms with Crippen LogP contribution in [0.2, 0.25) is 0 Å². The minimum Gasteiger partial charge on any atom is -0.362 e. The van der Waals surface area contributed by atoms with Crippen LogP contribution in [-0.2, 0) is 11.2 Å². The third kappa shape index (κ3) is 4.97. The quantitative estimate of drug-likeness (QED) is 0.805. The Morgan fingerprint density at radius 2 is 1.79 bits per heavy atom. The number of para-hydroxylation sites is 1. The van der Waals surface area contributed by atoms with E-state index in [0.29, 0.717) is 17.8 Å². The SMILES string of the molecule is O=C(CN1CCCc2ccccc21)Nc1cccc(C(=O)NC2CCCCC2)c1. The summed E-state index contributed by atoms with van der Waals surface area (Å²) in [6.45, 7) is 1.20. The Kier molecular flexibility index (Phi) is 6.13. The van der Waals surface area contributed by atoms with Crippen molar-refractivity contribution >= 4 is 23.2 Å². The molecule has 0 aromatic heterocycles. The number of aryl methyl sites for hydroxylation is 1. The first kappa shape index (κ1) is 19.5. The molecule has 1 fully saturated rings. The van der Waals surface area contributed by atoms with Gasteiger partial charge in [-0.15, -0.1) is 0 Å². The maximum Gasteiger partial charge on any atom is 0.251 e. The fraction of sp³-hybridized carbons (Fsp3) is 0.417. The lowest BCUT2D eigenvalue weighted by Gasteiger charge is -2.30. The fourth-order valence-electron chi connectivity index (χ4n) is 4.40. The van der Waals surface area contributed by atoms with E-state index in [2.05, 4.69) is 27.7 Å². The summed E-state index contributed by atoms with van der Waals surface area (Å²) in [5, 5.41) is 6.09. The lowest BCUT2D eigenvalue weighted by molar-refractivity contribution is -0.115. The maximum atomic E-state index is 12.6. The number of hydrogen-bond donors (Lipinski definition) is 2. The van der Waals surface area contributed by atoms with Crippen molar-refractivity contribution in [3.8, 4) is 0 Å². The summed E-state index contributed by atoms with van der Waals surface area (Å²) < 4.78 is 0. The molecule has 0 spiro atoms. The van der Waals surface area contributed by atoms with Gasteiger partial charge in [-0.25, -0.2) is 0 Å². The highest BCUT2D eigenvalue weighted by molar-refractivity contribution is 5.98. The first-order valence-electron chi connectivity index (χ1n) is 10.7. The number of nitrogens with zero attached hydrogens (tertiary/aromatic N) is 1. The highest BCUT2D eigenvalue weighted by Crippen LogP contribution is 2.26. The van der Waals surface area contributed by atoms with E-state index in [1.165, 1.54) is 24.8 Å². The summed E-state index contributed by atoms with van der Waals surface area (Å²) in [7, 11) is 0. The lowest BCUT2D eigenvalue weighted by atomic mass is 9.95. The summed E-state index contributed by atoms with van der Waals surface area (Å²) in [5.41, 5.74) is 3.70. The molecule has 0 radical (unpaired) electrons. The van der Waals surface area contributed by atoms with Crippen LogP contribution < -0.4 is 15.5 Å². The van der Waals surface area contributed by atoms with Gasteiger partial charge in [-0.3, -0.25) is 9.59 Å². The number of fused-ring (bicyclic) bond motifs is 1. The van der Waals surface area contributed by atoms with Gasteiger partial charge in [-0.1, -0.05) is 43.5 Å². The second-order valence-electron chi connectivity index (χ2n) is 8.09. The zero-order valence-corrected chi connectivity index (χ0v) is 16.8. The van der Waals surface area contributed by atoms with E-state index in [1.54, 1.807) is 12.1 Å². The Morgan fingerprint density at radius 3 is 2.66 bits per heavy atom. The van der Waals surface area contributed by atoms with Crippen molar-refractivity contribution in [2.45, 2.75) is 51.0 Å². The van der Waals surface area contributed by atoms with Crippen molar-refractivity contribution in [3.63, 3.8) is 0 Å². The highest BCUT2D eigenvalue weighted by atomic mass is 16.2. The molecule has 5 heteroatoms. The number of nitrogens with one attached hydrogen (secondary N) is 2. The lowest BCUT2D eigenvalue weighted by Crippen LogP contribution is -2.37. The van der Waals surface area contributed by atoms with Crippen LogP contribution >= 0.6 is 0 Å². The van der Waals surface area contributed by atoms with Gasteiger partial charge in [0.25, 0.3) is 5.91 Å². The van der Waals surface area contributed by atoms with E-state index < -0.39 is 0 Å². The van der Waals surface area contributed by atoms with Crippen molar-refractivity contribution in [1.82, 2.24) is 5.32 Å². The molecule has 1 heterocycles. The van der Waals surface area contributed by atoms with E-state index in [0.717, 1.165) is 37.9 Å². The van der Waals surface area contributed by atoms with E-state index in [1.807, 2.05) is 24.3 Å². The summed E-state index contributed by atoms with van der Waals surface area (Å²) >= 11 is 0. The number of anilines is 2. The third-order valence-corrected chi connectivity index (χ3v) is 5.89. The molecule has 29 heavy (non-hydrogen) atoms. The predicted molar refractivity (Wildman–Crippen MR) is 116 cm³/mol. The molecule has 2 amide bonds. The summed E-state index contributed by atoms with van der Waals surface area (Å²) in [5.74, 6) is -0.121. The number of carbonyl (C=O) groups excluding carboxylic acids is 2. The molecule has 1 saturated carbocycles. The summed E-state index contributed by atoms with van der Waals surface area (Å²) in [6, 6.07) is 15.8. The molecule has 1 aliphatic heterocycles. The minimum atomic E-state index is -0.0634. The monoisotopic (exact) mass is 391 g/mol. The van der Waals surface area contributed by atoms with Crippen molar-refractivity contribution < 1.29 is 9.59 Å². The molecule has 5 nitrogen and oxygen atoms in total. The van der Waals surface area contributed by atoms with Crippen LogP contribution in [0.25, 0.3) is 0 Å². The van der Waals surface area contributed by atoms with Crippen molar-refractivity contribution in [2.24, 2.45) is 0 Å². The smallest absolute Gasteiger partial charge is 0.251 e. The maximum absolute atomic E-state index is 12.6. The third-order valence-electron chi connectivity index (χ3n) is 5.89. The Bertz CT molecular complexity index is 874. The van der Waals surface area contributed by atoms with Crippen LogP contribution in [0, 0.1) is 0 Å². The highest BCUT2D eigenvalue weighted by Gasteiger charge is 2.19. The first-order valence-corrected chi connectivity index (χ1v) is 10.7. The molecule has 0 atom stereocenters. The molecule has 2 N–H and O–H groups in total. The Balaban J connectivity index is 1.36. The number of hydrogen-bond acceptors (Lipinski definition) is 3. The molecule has 0 bridgehead atoms. The molecular weight excluding hydrogens is 362 g/mol. The standard InChI is InChI=1S/C24H29N3O2/c28-23(17-27-15-7-10-18-8-4-5-14-22(18)27)25-21-13-6-9-19(16-21)24(29)26-20-11-2-1-3-12-20/h4-6,8-9,13-14,16,20H,1-3,7,10-12,15,17H2,(H,25,28)(H,26,29). The first-order chi connectivity index (χ1) is 14.2. The van der Waals surface area contributed by atoms with Gasteiger partial charge in [0.1, 0.15) is 0 Å². The average Bonchev–Trinajstić information content (AvgIpc) is 2.75. The van der Waals surface area contributed by atoms with Crippen molar-refractivity contribution in [1.29, 1.82) is 0 Å². The molecule has 0 saturated heterocycles. The Morgan fingerprint density at radius 1 is 0.966 bits per heavy atom. The predicted octanol–water partition coefficient (Wildman–Crippen LogP) is 4.14. The van der Waals surface area contributed by atoms with Gasteiger partial charge in [-0.2, -0.15) is 0 Å². The number of amides is 2. The molecule has 2 aromatic carbocycles. The van der Waals surface area contributed by atoms with Crippen LogP contribution in [0.5, 0.6) is 0 Å². The van der Waals surface area contributed by atoms with Crippen LogP contribution in [0.1, 0.15) is 54.4 Å². The molecule has 152 valence electrons. The van der Waals surface area contributed by atoms with Crippen LogP contribution in [-0.4, -0.2) is 30.9 Å². The van der Waals surface area contributed by atoms with E-state index >= 15 is 0 Å². The van der Waals surface area contributed by atoms with Crippen LogP contribution in [0.15, 0.2) is 48.5 Å². The van der Waals surface area contributed by atoms with Crippen molar-refractivity contribution in [2.75, 3.05) is 23.3 Å². The van der Waals surface area contributed by atoms with Gasteiger partial charge in [0.15, 0.2) is 0 Å². The second-order valence-corrected chi connectivity index (χ2v) is 8.09. The van der Waals surface area contributed by atoms with E-state index in [-0.39, 0.29) is 17.9 Å². The Labute approximate surface area is 172 Å². The van der Waals surface area contributed by atoms with E-state index in [4.69, 9.17) is 0 Å². The van der Waals surface area contributed by atoms with Crippen molar-refractivity contribution in [3.05, 3.63) is 59.7 Å². The number of benzene rings is 2. The Hall–Kier alpha value is -2.82. The zero-order valence-electron chi connectivity index (χ0n) is 16.8. The van der Waals surface area contributed by atoms with Gasteiger partial charge in [0.2, 0.25) is 5.91 Å². The normalized spacial score (nSPS) is 16.8. The zero-order chi connectivity index (χ0) is 20.1. The van der Waals surface area contributed by atoms with Crippen LogP contribution in [0.4, 0.5) is 11.4 Å². The molecule has 1 aliphatic carbocycles. The fourth-order valence-corrected chi connectivity index (χ4v) is 4.40. The average molecular weight is 392 g/mol. The van der Waals surface area contributed by atoms with Gasteiger partial charge in [0, 0.05) is 29.5 Å². The van der Waals surface area contributed by atoms with Gasteiger partial charge in [-0.05, 0) is 55.5 Å². The minimum absolute atomic E-state index is 0.0574. The molecule has 2 aromatic rings.